The fourth-order valence-corrected chi connectivity index (χ4v) is 4.01. The van der Waals surface area contributed by atoms with Gasteiger partial charge in [0.15, 0.2) is 0 Å². The van der Waals surface area contributed by atoms with Crippen LogP contribution in [0.3, 0.4) is 0 Å². The maximum Gasteiger partial charge on any atom is 0.306 e. The molecule has 0 radical (unpaired) electrons. The van der Waals surface area contributed by atoms with Crippen molar-refractivity contribution in [2.45, 2.75) is 12.8 Å². The minimum Gasteiger partial charge on any atom is -0.481 e. The third-order valence-electron chi connectivity index (χ3n) is 4.15. The Morgan fingerprint density at radius 1 is 1.08 bits per heavy atom. The molecule has 0 aliphatic carbocycles. The highest BCUT2D eigenvalue weighted by molar-refractivity contribution is 7.17. The van der Waals surface area contributed by atoms with Gasteiger partial charge in [-0.1, -0.05) is 29.3 Å². The van der Waals surface area contributed by atoms with Gasteiger partial charge in [0.2, 0.25) is 0 Å². The van der Waals surface area contributed by atoms with Crippen LogP contribution in [-0.4, -0.2) is 35.0 Å². The van der Waals surface area contributed by atoms with E-state index in [4.69, 9.17) is 28.3 Å². The quantitative estimate of drug-likeness (QED) is 0.838. The summed E-state index contributed by atoms with van der Waals surface area (Å²) in [7, 11) is 0. The van der Waals surface area contributed by atoms with Gasteiger partial charge in [-0.05, 0) is 42.7 Å². The van der Waals surface area contributed by atoms with Crippen molar-refractivity contribution < 1.29 is 14.7 Å². The van der Waals surface area contributed by atoms with Crippen LogP contribution in [0.5, 0.6) is 0 Å². The molecular formula is C17H15Cl2NO3S. The third kappa shape index (κ3) is 3.58. The van der Waals surface area contributed by atoms with Crippen molar-refractivity contribution in [2.75, 3.05) is 13.1 Å². The molecule has 1 N–H and O–H groups in total. The molecule has 126 valence electrons. The van der Waals surface area contributed by atoms with Crippen molar-refractivity contribution in [2.24, 2.45) is 5.92 Å². The van der Waals surface area contributed by atoms with E-state index in [1.807, 2.05) is 12.1 Å². The Morgan fingerprint density at radius 2 is 1.79 bits per heavy atom. The van der Waals surface area contributed by atoms with Crippen LogP contribution in [0, 0.1) is 5.92 Å². The highest BCUT2D eigenvalue weighted by atomic mass is 35.5. The number of carboxylic acids is 1. The van der Waals surface area contributed by atoms with Gasteiger partial charge < -0.3 is 10.0 Å². The number of hydrogen-bond acceptors (Lipinski definition) is 3. The molecule has 7 heteroatoms. The number of carbonyl (C=O) groups excluding carboxylic acids is 1. The number of benzene rings is 1. The molecule has 0 unspecified atom stereocenters. The van der Waals surface area contributed by atoms with Crippen LogP contribution in [-0.2, 0) is 4.79 Å². The highest BCUT2D eigenvalue weighted by Gasteiger charge is 2.28. The normalized spacial score (nSPS) is 15.5. The molecule has 2 heterocycles. The first-order valence-electron chi connectivity index (χ1n) is 7.53. The van der Waals surface area contributed by atoms with Crippen molar-refractivity contribution in [3.05, 3.63) is 45.3 Å². The summed E-state index contributed by atoms with van der Waals surface area (Å²) in [5.74, 6) is -1.17. The maximum atomic E-state index is 12.6. The van der Waals surface area contributed by atoms with Gasteiger partial charge in [0, 0.05) is 18.0 Å². The molecular weight excluding hydrogens is 369 g/mol. The smallest absolute Gasteiger partial charge is 0.306 e. The summed E-state index contributed by atoms with van der Waals surface area (Å²) in [5.41, 5.74) is 0.915. The Hall–Kier alpha value is -1.56. The molecule has 1 aromatic carbocycles. The summed E-state index contributed by atoms with van der Waals surface area (Å²) in [5, 5.41) is 10.0. The fraction of sp³-hybridized carbons (Fsp3) is 0.294. The van der Waals surface area contributed by atoms with E-state index in [1.165, 1.54) is 11.3 Å². The van der Waals surface area contributed by atoms with Gasteiger partial charge >= 0.3 is 5.97 Å². The second kappa shape index (κ2) is 7.13. The molecule has 0 saturated carbocycles. The van der Waals surface area contributed by atoms with Gasteiger partial charge in [0.25, 0.3) is 5.91 Å². The number of carbonyl (C=O) groups is 2. The molecule has 0 spiro atoms. The summed E-state index contributed by atoms with van der Waals surface area (Å²) in [4.78, 5) is 26.9. The average molecular weight is 384 g/mol. The second-order valence-electron chi connectivity index (χ2n) is 5.70. The van der Waals surface area contributed by atoms with E-state index in [1.54, 1.807) is 23.1 Å². The number of rotatable bonds is 3. The molecule has 4 nitrogen and oxygen atoms in total. The molecule has 0 atom stereocenters. The van der Waals surface area contributed by atoms with E-state index in [0.717, 1.165) is 10.4 Å². The van der Waals surface area contributed by atoms with Crippen molar-refractivity contribution in [1.29, 1.82) is 0 Å². The number of carboxylic acid groups (broad SMARTS) is 1. The summed E-state index contributed by atoms with van der Waals surface area (Å²) < 4.78 is 0. The highest BCUT2D eigenvalue weighted by Crippen LogP contribution is 2.33. The van der Waals surface area contributed by atoms with Gasteiger partial charge in [0.1, 0.15) is 0 Å². The van der Waals surface area contributed by atoms with E-state index < -0.39 is 5.97 Å². The Morgan fingerprint density at radius 3 is 2.42 bits per heavy atom. The predicted molar refractivity (Wildman–Crippen MR) is 96.0 cm³/mol. The van der Waals surface area contributed by atoms with Crippen LogP contribution < -0.4 is 0 Å². The minimum atomic E-state index is -0.778. The monoisotopic (exact) mass is 383 g/mol. The molecule has 2 aromatic rings. The second-order valence-corrected chi connectivity index (χ2v) is 7.60. The number of likely N-dealkylation sites (tertiary alicyclic amines) is 1. The minimum absolute atomic E-state index is 0.0462. The van der Waals surface area contributed by atoms with Gasteiger partial charge in [-0.15, -0.1) is 11.3 Å². The Balaban J connectivity index is 1.72. The van der Waals surface area contributed by atoms with E-state index in [-0.39, 0.29) is 11.8 Å². The van der Waals surface area contributed by atoms with E-state index in [0.29, 0.717) is 40.9 Å². The molecule has 1 aromatic heterocycles. The predicted octanol–water partition coefficient (Wildman–Crippen LogP) is 4.66. The molecule has 0 bridgehead atoms. The number of piperidine rings is 1. The average Bonchev–Trinajstić information content (AvgIpc) is 3.07. The Bertz CT molecular complexity index is 782. The lowest BCUT2D eigenvalue weighted by Gasteiger charge is -2.29. The summed E-state index contributed by atoms with van der Waals surface area (Å²) in [6, 6.07) is 9.07. The molecule has 1 aliphatic heterocycles. The summed E-state index contributed by atoms with van der Waals surface area (Å²) in [6.45, 7) is 0.964. The van der Waals surface area contributed by atoms with Gasteiger partial charge in [-0.3, -0.25) is 9.59 Å². The van der Waals surface area contributed by atoms with Gasteiger partial charge in [-0.2, -0.15) is 0 Å². The van der Waals surface area contributed by atoms with Crippen molar-refractivity contribution in [3.8, 4) is 10.4 Å². The number of thiophene rings is 1. The lowest BCUT2D eigenvalue weighted by molar-refractivity contribution is -0.143. The lowest BCUT2D eigenvalue weighted by atomic mass is 9.97. The molecule has 3 rings (SSSR count). The van der Waals surface area contributed by atoms with E-state index in [9.17, 15) is 9.59 Å². The molecule has 24 heavy (non-hydrogen) atoms. The summed E-state index contributed by atoms with van der Waals surface area (Å²) >= 11 is 13.4. The molecule has 1 fully saturated rings. The topological polar surface area (TPSA) is 57.6 Å². The Kier molecular flexibility index (Phi) is 5.13. The number of aliphatic carboxylic acids is 1. The Labute approximate surface area is 153 Å². The first kappa shape index (κ1) is 17.3. The molecule has 1 aliphatic rings. The van der Waals surface area contributed by atoms with Crippen LogP contribution in [0.25, 0.3) is 10.4 Å². The lowest BCUT2D eigenvalue weighted by Crippen LogP contribution is -2.39. The number of halogens is 2. The zero-order chi connectivity index (χ0) is 17.3. The van der Waals surface area contributed by atoms with Crippen molar-refractivity contribution >= 4 is 46.4 Å². The SMILES string of the molecule is O=C(O)C1CCN(C(=O)c2ccc(-c3ccc(Cl)c(Cl)c3)s2)CC1. The molecule has 1 saturated heterocycles. The zero-order valence-electron chi connectivity index (χ0n) is 12.7. The van der Waals surface area contributed by atoms with Crippen molar-refractivity contribution in [3.63, 3.8) is 0 Å². The third-order valence-corrected chi connectivity index (χ3v) is 6.01. The number of nitrogens with zero attached hydrogens (tertiary/aromatic N) is 1. The van der Waals surface area contributed by atoms with Gasteiger partial charge in [-0.25, -0.2) is 0 Å². The largest absolute Gasteiger partial charge is 0.481 e. The standard InChI is InChI=1S/C17H15Cl2NO3S/c18-12-2-1-11(9-13(12)19)14-3-4-15(24-14)16(21)20-7-5-10(6-8-20)17(22)23/h1-4,9-10H,5-8H2,(H,22,23). The first-order chi connectivity index (χ1) is 11.5. The number of amides is 1. The van der Waals surface area contributed by atoms with Crippen molar-refractivity contribution in [1.82, 2.24) is 4.90 Å². The fourth-order valence-electron chi connectivity index (χ4n) is 2.74. The summed E-state index contributed by atoms with van der Waals surface area (Å²) in [6.07, 6.45) is 1.01. The van der Waals surface area contributed by atoms with Crippen LogP contribution in [0.1, 0.15) is 22.5 Å². The van der Waals surface area contributed by atoms with Crippen LogP contribution in [0.15, 0.2) is 30.3 Å². The van der Waals surface area contributed by atoms with Crippen LogP contribution in [0.4, 0.5) is 0 Å². The van der Waals surface area contributed by atoms with Crippen LogP contribution >= 0.6 is 34.5 Å². The maximum absolute atomic E-state index is 12.6. The van der Waals surface area contributed by atoms with Crippen LogP contribution in [0.2, 0.25) is 10.0 Å². The number of hydrogen-bond donors (Lipinski definition) is 1. The van der Waals surface area contributed by atoms with E-state index in [2.05, 4.69) is 0 Å². The van der Waals surface area contributed by atoms with E-state index >= 15 is 0 Å². The first-order valence-corrected chi connectivity index (χ1v) is 9.10. The van der Waals surface area contributed by atoms with Gasteiger partial charge in [0.05, 0.1) is 20.8 Å². The molecule has 1 amide bonds. The zero-order valence-corrected chi connectivity index (χ0v) is 15.0.